The number of aryl methyl sites for hydroxylation is 2. The van der Waals surface area contributed by atoms with Crippen LogP contribution in [0.4, 0.5) is 0 Å². The predicted octanol–water partition coefficient (Wildman–Crippen LogP) is 2.35. The van der Waals surface area contributed by atoms with Gasteiger partial charge < -0.3 is 14.4 Å². The fraction of sp³-hybridized carbons (Fsp3) is 0.789. The summed E-state index contributed by atoms with van der Waals surface area (Å²) in [6, 6.07) is 1.90. The zero-order valence-corrected chi connectivity index (χ0v) is 16.6. The Kier molecular flexibility index (Phi) is 5.30. The van der Waals surface area contributed by atoms with Gasteiger partial charge in [0, 0.05) is 45.2 Å². The summed E-state index contributed by atoms with van der Waals surface area (Å²) >= 11 is 1.99. The third kappa shape index (κ3) is 3.66. The Morgan fingerprint density at radius 2 is 2.19 bits per heavy atom. The van der Waals surface area contributed by atoms with Crippen LogP contribution in [0.3, 0.4) is 0 Å². The van der Waals surface area contributed by atoms with E-state index in [2.05, 4.69) is 5.10 Å². The number of hydrogen-bond donors (Lipinski definition) is 0. The second-order valence-corrected chi connectivity index (χ2v) is 9.35. The lowest BCUT2D eigenvalue weighted by Gasteiger charge is -2.47. The van der Waals surface area contributed by atoms with Crippen molar-refractivity contribution in [3.05, 3.63) is 17.5 Å². The number of thioether (sulfide) groups is 1. The summed E-state index contributed by atoms with van der Waals surface area (Å²) in [4.78, 5) is 14.8. The molecule has 4 heterocycles. The maximum Gasteiger partial charge on any atom is 0.272 e. The lowest BCUT2D eigenvalue weighted by Crippen LogP contribution is -2.61. The van der Waals surface area contributed by atoms with Crippen molar-refractivity contribution in [3.63, 3.8) is 0 Å². The normalized spacial score (nSPS) is 25.6. The van der Waals surface area contributed by atoms with Crippen molar-refractivity contribution < 1.29 is 14.3 Å². The van der Waals surface area contributed by atoms with Crippen LogP contribution >= 0.6 is 11.8 Å². The van der Waals surface area contributed by atoms with Crippen molar-refractivity contribution in [2.45, 2.75) is 50.5 Å². The van der Waals surface area contributed by atoms with Gasteiger partial charge in [0.15, 0.2) is 0 Å². The van der Waals surface area contributed by atoms with Crippen LogP contribution in [0.2, 0.25) is 0 Å². The van der Waals surface area contributed by atoms with Crippen molar-refractivity contribution >= 4 is 17.7 Å². The number of nitrogens with zero attached hydrogens (tertiary/aromatic N) is 3. The summed E-state index contributed by atoms with van der Waals surface area (Å²) in [5, 5.41) is 4.40. The zero-order valence-electron chi connectivity index (χ0n) is 15.8. The molecule has 6 nitrogen and oxygen atoms in total. The summed E-state index contributed by atoms with van der Waals surface area (Å²) in [5.74, 6) is 1.82. The van der Waals surface area contributed by atoms with Gasteiger partial charge in [0.1, 0.15) is 5.69 Å². The van der Waals surface area contributed by atoms with E-state index in [1.807, 2.05) is 41.3 Å². The van der Waals surface area contributed by atoms with Gasteiger partial charge in [0.2, 0.25) is 0 Å². The number of likely N-dealkylation sites (tertiary alicyclic amines) is 1. The van der Waals surface area contributed by atoms with Crippen molar-refractivity contribution in [3.8, 4) is 0 Å². The minimum absolute atomic E-state index is 0.116. The molecule has 3 saturated heterocycles. The largest absolute Gasteiger partial charge is 0.381 e. The first-order valence-corrected chi connectivity index (χ1v) is 10.7. The maximum atomic E-state index is 12.8. The van der Waals surface area contributed by atoms with Crippen LogP contribution < -0.4 is 0 Å². The summed E-state index contributed by atoms with van der Waals surface area (Å²) in [6.45, 7) is 8.97. The number of hydrogen-bond acceptors (Lipinski definition) is 5. The average Bonchev–Trinajstić information content (AvgIpc) is 3.22. The van der Waals surface area contributed by atoms with Gasteiger partial charge in [0.05, 0.1) is 16.5 Å². The topological polar surface area (TPSA) is 56.6 Å². The molecule has 1 spiro atoms. The van der Waals surface area contributed by atoms with Gasteiger partial charge in [-0.15, -0.1) is 11.8 Å². The molecule has 0 radical (unpaired) electrons. The molecule has 3 fully saturated rings. The number of aromatic nitrogens is 2. The van der Waals surface area contributed by atoms with Gasteiger partial charge in [-0.2, -0.15) is 5.10 Å². The van der Waals surface area contributed by atoms with E-state index < -0.39 is 0 Å². The Morgan fingerprint density at radius 3 is 2.92 bits per heavy atom. The van der Waals surface area contributed by atoms with Crippen LogP contribution in [0.25, 0.3) is 0 Å². The van der Waals surface area contributed by atoms with Gasteiger partial charge >= 0.3 is 0 Å². The van der Waals surface area contributed by atoms with E-state index in [4.69, 9.17) is 9.47 Å². The molecule has 7 heteroatoms. The van der Waals surface area contributed by atoms with E-state index in [1.54, 1.807) is 0 Å². The van der Waals surface area contributed by atoms with E-state index in [-0.39, 0.29) is 10.7 Å². The van der Waals surface area contributed by atoms with Gasteiger partial charge in [-0.25, -0.2) is 0 Å². The maximum absolute atomic E-state index is 12.8. The fourth-order valence-electron chi connectivity index (χ4n) is 4.23. The number of carbonyl (C=O) groups is 1. The number of ether oxygens (including phenoxy) is 2. The fourth-order valence-corrected chi connectivity index (χ4v) is 5.78. The molecule has 0 bridgehead atoms. The van der Waals surface area contributed by atoms with Crippen molar-refractivity contribution in [2.75, 3.05) is 38.7 Å². The summed E-state index contributed by atoms with van der Waals surface area (Å²) in [6.07, 6.45) is 3.65. The highest BCUT2D eigenvalue weighted by Gasteiger charge is 2.51. The molecular weight excluding hydrogens is 350 g/mol. The smallest absolute Gasteiger partial charge is 0.272 e. The van der Waals surface area contributed by atoms with E-state index in [0.717, 1.165) is 75.9 Å². The van der Waals surface area contributed by atoms with Crippen molar-refractivity contribution in [1.29, 1.82) is 0 Å². The van der Waals surface area contributed by atoms with Crippen LogP contribution in [0.1, 0.15) is 42.4 Å². The second kappa shape index (κ2) is 7.52. The van der Waals surface area contributed by atoms with E-state index >= 15 is 0 Å². The average molecular weight is 380 g/mol. The Bertz CT molecular complexity index is 650. The van der Waals surface area contributed by atoms with Crippen LogP contribution in [-0.4, -0.2) is 70.1 Å². The molecule has 144 valence electrons. The van der Waals surface area contributed by atoms with E-state index in [0.29, 0.717) is 12.0 Å². The number of carbonyl (C=O) groups excluding carboxylic acids is 1. The molecule has 1 aromatic heterocycles. The highest BCUT2D eigenvalue weighted by molar-refractivity contribution is 8.01. The second-order valence-electron chi connectivity index (χ2n) is 7.86. The Balaban J connectivity index is 1.26. The molecule has 1 aromatic rings. The van der Waals surface area contributed by atoms with Gasteiger partial charge in [-0.3, -0.25) is 9.48 Å². The molecule has 3 aliphatic heterocycles. The molecule has 26 heavy (non-hydrogen) atoms. The van der Waals surface area contributed by atoms with Crippen LogP contribution in [0.15, 0.2) is 6.07 Å². The molecule has 0 saturated carbocycles. The van der Waals surface area contributed by atoms with Crippen molar-refractivity contribution in [2.24, 2.45) is 5.92 Å². The summed E-state index contributed by atoms with van der Waals surface area (Å²) < 4.78 is 13.6. The first-order chi connectivity index (χ1) is 12.6. The van der Waals surface area contributed by atoms with Gasteiger partial charge in [0.25, 0.3) is 5.91 Å². The van der Waals surface area contributed by atoms with Crippen LogP contribution in [0.5, 0.6) is 0 Å². The van der Waals surface area contributed by atoms with Gasteiger partial charge in [-0.05, 0) is 45.1 Å². The molecule has 0 aromatic carbocycles. The molecule has 4 rings (SSSR count). The van der Waals surface area contributed by atoms with E-state index in [1.165, 1.54) is 0 Å². The number of amides is 1. The van der Waals surface area contributed by atoms with Gasteiger partial charge in [-0.1, -0.05) is 0 Å². The summed E-state index contributed by atoms with van der Waals surface area (Å²) in [7, 11) is 0. The zero-order chi connectivity index (χ0) is 18.1. The Hall–Kier alpha value is -1.05. The predicted molar refractivity (Wildman–Crippen MR) is 102 cm³/mol. The minimum atomic E-state index is 0.116. The Morgan fingerprint density at radius 1 is 1.42 bits per heavy atom. The first-order valence-electron chi connectivity index (χ1n) is 9.75. The SMILES string of the molecule is CCn1nc(C)cc1C(=O)N1CC2(C[C@H](OCC3CCOCC3)CS2)C1. The molecule has 0 unspecified atom stereocenters. The van der Waals surface area contributed by atoms with Crippen LogP contribution in [0, 0.1) is 12.8 Å². The first kappa shape index (κ1) is 18.3. The molecule has 3 aliphatic rings. The lowest BCUT2D eigenvalue weighted by molar-refractivity contribution is -0.0119. The monoisotopic (exact) mass is 379 g/mol. The summed E-state index contributed by atoms with van der Waals surface area (Å²) in [5.41, 5.74) is 1.62. The van der Waals surface area contributed by atoms with Crippen LogP contribution in [-0.2, 0) is 16.0 Å². The minimum Gasteiger partial charge on any atom is -0.381 e. The lowest BCUT2D eigenvalue weighted by atomic mass is 9.92. The standard InChI is InChI=1S/C19H29N3O3S/c1-3-22-17(8-14(2)20-22)18(23)21-12-19(13-21)9-16(11-26-19)25-10-15-4-6-24-7-5-15/h8,15-16H,3-7,9-13H2,1-2H3/t16-/m0/s1. The molecule has 1 amide bonds. The Labute approximate surface area is 159 Å². The quantitative estimate of drug-likeness (QED) is 0.786. The highest BCUT2D eigenvalue weighted by atomic mass is 32.2. The third-order valence-corrected chi connectivity index (χ3v) is 7.33. The molecular formula is C19H29N3O3S. The molecule has 1 atom stereocenters. The molecule has 0 aliphatic carbocycles. The van der Waals surface area contributed by atoms with Crippen molar-refractivity contribution in [1.82, 2.24) is 14.7 Å². The number of rotatable bonds is 5. The van der Waals surface area contributed by atoms with E-state index in [9.17, 15) is 4.79 Å². The highest BCUT2D eigenvalue weighted by Crippen LogP contribution is 2.46. The molecule has 0 N–H and O–H groups in total. The third-order valence-electron chi connectivity index (χ3n) is 5.75.